The molecule has 1 amide bonds. The summed E-state index contributed by atoms with van der Waals surface area (Å²) in [7, 11) is -5.28. The molecule has 39 heavy (non-hydrogen) atoms. The van der Waals surface area contributed by atoms with Crippen LogP contribution in [0.2, 0.25) is 10.0 Å². The van der Waals surface area contributed by atoms with Gasteiger partial charge in [-0.15, -0.1) is 0 Å². The molecule has 9 nitrogen and oxygen atoms in total. The number of benzene rings is 1. The minimum absolute atomic E-state index is 0.0417. The molecule has 2 heterocycles. The van der Waals surface area contributed by atoms with Crippen LogP contribution in [0.3, 0.4) is 0 Å². The van der Waals surface area contributed by atoms with Gasteiger partial charge in [-0.05, 0) is 23.6 Å². The van der Waals surface area contributed by atoms with Crippen molar-refractivity contribution in [1.82, 2.24) is 14.7 Å². The maximum atomic E-state index is 15.1. The van der Waals surface area contributed by atoms with Gasteiger partial charge in [0.05, 0.1) is 23.5 Å². The van der Waals surface area contributed by atoms with Crippen molar-refractivity contribution in [1.29, 1.82) is 0 Å². The summed E-state index contributed by atoms with van der Waals surface area (Å²) in [6.07, 6.45) is -1.88. The quantitative estimate of drug-likeness (QED) is 0.294. The maximum absolute atomic E-state index is 15.1. The second-order valence-corrected chi connectivity index (χ2v) is 10.7. The number of aromatic nitrogens is 2. The van der Waals surface area contributed by atoms with Crippen LogP contribution >= 0.6 is 23.2 Å². The first kappa shape index (κ1) is 30.3. The van der Waals surface area contributed by atoms with Crippen LogP contribution in [0.1, 0.15) is 19.4 Å². The number of amides is 1. The van der Waals surface area contributed by atoms with E-state index in [1.165, 1.54) is 36.8 Å². The molecule has 0 atom stereocenters. The second-order valence-electron chi connectivity index (χ2n) is 8.25. The Balaban J connectivity index is 1.93. The lowest BCUT2D eigenvalue weighted by Gasteiger charge is -2.24. The number of pyridine rings is 2. The normalized spacial score (nSPS) is 11.9. The minimum atomic E-state index is -5.68. The van der Waals surface area contributed by atoms with Gasteiger partial charge in [0.2, 0.25) is 5.88 Å². The van der Waals surface area contributed by atoms with E-state index >= 15 is 4.39 Å². The number of halogens is 6. The molecule has 0 radical (unpaired) electrons. The zero-order valence-electron chi connectivity index (χ0n) is 20.2. The largest absolute Gasteiger partial charge is 0.476 e. The number of anilines is 1. The SMILES string of the molecule is CC(C)COc1ncc(Oc2cc(F)c(N(C(=O)C(F)(F)F)S(=O)(=O)NCc3cccnc3)cc2Cl)cc1Cl. The first-order valence-corrected chi connectivity index (χ1v) is 13.1. The first-order chi connectivity index (χ1) is 18.2. The van der Waals surface area contributed by atoms with Crippen LogP contribution in [0, 0.1) is 11.7 Å². The fourth-order valence-corrected chi connectivity index (χ4v) is 4.51. The monoisotopic (exact) mass is 610 g/mol. The minimum Gasteiger partial charge on any atom is -0.476 e. The summed E-state index contributed by atoms with van der Waals surface area (Å²) in [4.78, 5) is 19.9. The third-order valence-electron chi connectivity index (χ3n) is 4.63. The van der Waals surface area contributed by atoms with Gasteiger partial charge in [-0.1, -0.05) is 43.1 Å². The number of nitrogens with one attached hydrogen (secondary N) is 1. The molecule has 0 spiro atoms. The van der Waals surface area contributed by atoms with E-state index in [0.29, 0.717) is 18.7 Å². The van der Waals surface area contributed by atoms with E-state index < -0.39 is 55.4 Å². The van der Waals surface area contributed by atoms with Gasteiger partial charge < -0.3 is 9.47 Å². The Morgan fingerprint density at radius 2 is 1.87 bits per heavy atom. The number of hydrogen-bond donors (Lipinski definition) is 1. The smallest absolute Gasteiger partial charge is 0.472 e. The molecule has 3 rings (SSSR count). The van der Waals surface area contributed by atoms with Crippen LogP contribution < -0.4 is 18.5 Å². The summed E-state index contributed by atoms with van der Waals surface area (Å²) in [5.74, 6) is -4.60. The number of ether oxygens (including phenoxy) is 2. The molecule has 210 valence electrons. The van der Waals surface area contributed by atoms with Crippen molar-refractivity contribution < 1.29 is 40.2 Å². The summed E-state index contributed by atoms with van der Waals surface area (Å²) in [5, 5.41) is -0.473. The van der Waals surface area contributed by atoms with Gasteiger partial charge in [-0.3, -0.25) is 9.78 Å². The highest BCUT2D eigenvalue weighted by molar-refractivity contribution is 7.91. The Morgan fingerprint density at radius 1 is 1.15 bits per heavy atom. The predicted molar refractivity (Wildman–Crippen MR) is 135 cm³/mol. The molecule has 0 aliphatic heterocycles. The molecule has 0 unspecified atom stereocenters. The van der Waals surface area contributed by atoms with Crippen LogP contribution in [-0.2, 0) is 21.5 Å². The zero-order valence-corrected chi connectivity index (χ0v) is 22.5. The van der Waals surface area contributed by atoms with Crippen LogP contribution in [0.4, 0.5) is 23.2 Å². The third-order valence-corrected chi connectivity index (χ3v) is 6.55. The van der Waals surface area contributed by atoms with Gasteiger partial charge in [0.1, 0.15) is 16.5 Å². The maximum Gasteiger partial charge on any atom is 0.472 e. The average Bonchev–Trinajstić information content (AvgIpc) is 2.85. The number of carbonyl (C=O) groups is 1. The molecule has 2 aromatic heterocycles. The highest BCUT2D eigenvalue weighted by Gasteiger charge is 2.48. The van der Waals surface area contributed by atoms with Gasteiger partial charge in [0.15, 0.2) is 5.82 Å². The summed E-state index contributed by atoms with van der Waals surface area (Å²) in [5.41, 5.74) is -1.03. The molecule has 0 bridgehead atoms. The molecule has 1 aromatic carbocycles. The number of alkyl halides is 3. The van der Waals surface area contributed by atoms with E-state index in [4.69, 9.17) is 32.7 Å². The molecule has 16 heteroatoms. The molecule has 0 aliphatic carbocycles. The molecular formula is C23H20Cl2F4N4O5S. The molecule has 0 fully saturated rings. The molecule has 0 saturated carbocycles. The summed E-state index contributed by atoms with van der Waals surface area (Å²) < 4.78 is 92.6. The standard InChI is InChI=1S/C23H20Cl2F4N4O5S/c1-13(2)12-37-21-17(25)6-15(11-31-21)38-20-8-18(26)19(7-16(20)24)33(22(34)23(27,28)29)39(35,36)32-10-14-4-3-5-30-9-14/h3-9,11,13,32H,10,12H2,1-2H3. The summed E-state index contributed by atoms with van der Waals surface area (Å²) >= 11 is 12.2. The Morgan fingerprint density at radius 3 is 2.46 bits per heavy atom. The van der Waals surface area contributed by atoms with E-state index in [9.17, 15) is 26.4 Å². The lowest BCUT2D eigenvalue weighted by Crippen LogP contribution is -2.50. The summed E-state index contributed by atoms with van der Waals surface area (Å²) in [6, 6.07) is 5.18. The Labute approximate surface area is 230 Å². The van der Waals surface area contributed by atoms with E-state index in [1.54, 1.807) is 0 Å². The first-order valence-electron chi connectivity index (χ1n) is 10.9. The van der Waals surface area contributed by atoms with E-state index in [0.717, 1.165) is 0 Å². The van der Waals surface area contributed by atoms with Crippen LogP contribution in [0.5, 0.6) is 17.4 Å². The van der Waals surface area contributed by atoms with Gasteiger partial charge in [-0.2, -0.15) is 30.6 Å². The van der Waals surface area contributed by atoms with Crippen molar-refractivity contribution in [3.63, 3.8) is 0 Å². The van der Waals surface area contributed by atoms with Crippen molar-refractivity contribution in [2.24, 2.45) is 5.92 Å². The summed E-state index contributed by atoms with van der Waals surface area (Å²) in [6.45, 7) is 3.62. The molecule has 3 aromatic rings. The van der Waals surface area contributed by atoms with Gasteiger partial charge in [-0.25, -0.2) is 9.37 Å². The lowest BCUT2D eigenvalue weighted by atomic mass is 10.2. The Kier molecular flexibility index (Phi) is 9.59. The number of hydrogen-bond acceptors (Lipinski definition) is 7. The Hall–Kier alpha value is -3.20. The molecular weight excluding hydrogens is 591 g/mol. The third kappa shape index (κ3) is 7.91. The molecule has 0 saturated heterocycles. The van der Waals surface area contributed by atoms with E-state index in [1.807, 2.05) is 18.6 Å². The van der Waals surface area contributed by atoms with Gasteiger partial charge in [0.25, 0.3) is 0 Å². The fourth-order valence-electron chi connectivity index (χ4n) is 2.90. The number of nitrogens with zero attached hydrogens (tertiary/aromatic N) is 3. The van der Waals surface area contributed by atoms with Crippen LogP contribution in [-0.4, -0.2) is 37.1 Å². The van der Waals surface area contributed by atoms with Crippen molar-refractivity contribution in [3.05, 3.63) is 70.3 Å². The van der Waals surface area contributed by atoms with Crippen molar-refractivity contribution in [2.45, 2.75) is 26.6 Å². The zero-order chi connectivity index (χ0) is 29.0. The fraction of sp³-hybridized carbons (Fsp3) is 0.261. The average molecular weight is 611 g/mol. The number of carbonyl (C=O) groups excluding carboxylic acids is 1. The van der Waals surface area contributed by atoms with Crippen LogP contribution in [0.25, 0.3) is 0 Å². The molecule has 1 N–H and O–H groups in total. The molecule has 0 aliphatic rings. The van der Waals surface area contributed by atoms with Crippen molar-refractivity contribution in [3.8, 4) is 17.4 Å². The van der Waals surface area contributed by atoms with Crippen molar-refractivity contribution >= 4 is 45.0 Å². The second kappa shape index (κ2) is 12.3. The highest BCUT2D eigenvalue weighted by atomic mass is 35.5. The van der Waals surface area contributed by atoms with Gasteiger partial charge in [0, 0.05) is 31.1 Å². The number of rotatable bonds is 10. The Bertz CT molecular complexity index is 1440. The van der Waals surface area contributed by atoms with E-state index in [2.05, 4.69) is 9.97 Å². The van der Waals surface area contributed by atoms with Crippen LogP contribution in [0.15, 0.2) is 48.9 Å². The van der Waals surface area contributed by atoms with E-state index in [-0.39, 0.29) is 28.1 Å². The van der Waals surface area contributed by atoms with Crippen molar-refractivity contribution in [2.75, 3.05) is 10.9 Å². The lowest BCUT2D eigenvalue weighted by molar-refractivity contribution is -0.169. The highest BCUT2D eigenvalue weighted by Crippen LogP contribution is 2.38. The van der Waals surface area contributed by atoms with Gasteiger partial charge >= 0.3 is 22.3 Å². The topological polar surface area (TPSA) is 111 Å². The predicted octanol–water partition coefficient (Wildman–Crippen LogP) is 5.68.